The Bertz CT molecular complexity index is 945. The van der Waals surface area contributed by atoms with E-state index in [2.05, 4.69) is 15.4 Å². The molecule has 8 heteroatoms. The summed E-state index contributed by atoms with van der Waals surface area (Å²) in [6, 6.07) is 5.31. The second-order valence-corrected chi connectivity index (χ2v) is 9.24. The van der Waals surface area contributed by atoms with Gasteiger partial charge in [0.2, 0.25) is 5.91 Å². The second-order valence-electron chi connectivity index (χ2n) is 8.85. The van der Waals surface area contributed by atoms with Crippen molar-refractivity contribution in [3.8, 4) is 0 Å². The number of nitrogens with one attached hydrogen (secondary N) is 1. The molecule has 28 heavy (non-hydrogen) atoms. The van der Waals surface area contributed by atoms with Gasteiger partial charge in [-0.05, 0) is 59.2 Å². The Labute approximate surface area is 169 Å². The molecule has 150 valence electrons. The predicted molar refractivity (Wildman–Crippen MR) is 105 cm³/mol. The maximum atomic E-state index is 13.0. The molecule has 1 unspecified atom stereocenters. The number of carbonyl (C=O) groups excluding carboxylic acids is 2. The summed E-state index contributed by atoms with van der Waals surface area (Å²) in [5.74, 6) is -0.161. The largest absolute Gasteiger partial charge is 0.442 e. The minimum atomic E-state index is -0.969. The molecule has 7 nitrogen and oxygen atoms in total. The molecular weight excluding hydrogens is 380 g/mol. The third-order valence-electron chi connectivity index (χ3n) is 4.74. The Kier molecular flexibility index (Phi) is 4.78. The van der Waals surface area contributed by atoms with Gasteiger partial charge in [-0.1, -0.05) is 17.7 Å². The molecule has 0 saturated heterocycles. The number of halogens is 1. The Morgan fingerprint density at radius 1 is 1.25 bits per heavy atom. The molecule has 1 aliphatic rings. The molecule has 2 aromatic heterocycles. The Hall–Kier alpha value is -2.41. The smallest absolute Gasteiger partial charge is 0.435 e. The van der Waals surface area contributed by atoms with Crippen LogP contribution in [0.5, 0.6) is 0 Å². The fourth-order valence-electron chi connectivity index (χ4n) is 3.35. The van der Waals surface area contributed by atoms with Gasteiger partial charge in [-0.3, -0.25) is 4.79 Å². The van der Waals surface area contributed by atoms with E-state index in [0.717, 1.165) is 10.2 Å². The number of amides is 1. The van der Waals surface area contributed by atoms with Crippen LogP contribution in [0.2, 0.25) is 5.15 Å². The molecule has 0 spiro atoms. The van der Waals surface area contributed by atoms with Gasteiger partial charge in [0.25, 0.3) is 0 Å². The van der Waals surface area contributed by atoms with Gasteiger partial charge in [0.1, 0.15) is 10.8 Å². The first-order valence-corrected chi connectivity index (χ1v) is 9.48. The molecule has 0 saturated carbocycles. The highest BCUT2D eigenvalue weighted by Gasteiger charge is 2.48. The summed E-state index contributed by atoms with van der Waals surface area (Å²) in [4.78, 5) is 29.7. The lowest BCUT2D eigenvalue weighted by Crippen LogP contribution is -2.57. The van der Waals surface area contributed by atoms with Crippen LogP contribution in [0, 0.1) is 0 Å². The number of rotatable bonds is 2. The van der Waals surface area contributed by atoms with Crippen molar-refractivity contribution in [1.82, 2.24) is 20.1 Å². The molecule has 1 aliphatic heterocycles. The first-order valence-electron chi connectivity index (χ1n) is 9.10. The predicted octanol–water partition coefficient (Wildman–Crippen LogP) is 3.58. The van der Waals surface area contributed by atoms with Crippen LogP contribution in [0.4, 0.5) is 4.79 Å². The van der Waals surface area contributed by atoms with Gasteiger partial charge in [-0.2, -0.15) is 9.78 Å². The van der Waals surface area contributed by atoms with E-state index < -0.39 is 22.6 Å². The second kappa shape index (κ2) is 6.58. The fraction of sp³-hybridized carbons (Fsp3) is 0.500. The van der Waals surface area contributed by atoms with Crippen molar-refractivity contribution in [2.24, 2.45) is 0 Å². The maximum Gasteiger partial charge on any atom is 0.435 e. The number of ether oxygens (including phenoxy) is 1. The molecule has 1 N–H and O–H groups in total. The van der Waals surface area contributed by atoms with Crippen LogP contribution in [0.15, 0.2) is 24.4 Å². The van der Waals surface area contributed by atoms with Crippen molar-refractivity contribution in [2.45, 2.75) is 64.5 Å². The van der Waals surface area contributed by atoms with Gasteiger partial charge in [0, 0.05) is 12.6 Å². The number of pyridine rings is 1. The molecule has 0 aromatic carbocycles. The first-order chi connectivity index (χ1) is 12.8. The standard InChI is InChI=1S/C20H25ClN4O3/c1-18(2,3)28-17(27)25-10-9-12(24-25)11-20(6)15-13(7-8-14(21)22-15)19(4,5)23-16(20)26/h7-10H,11H2,1-6H3,(H,23,26). The van der Waals surface area contributed by atoms with Gasteiger partial charge >= 0.3 is 6.09 Å². The highest BCUT2D eigenvalue weighted by atomic mass is 35.5. The van der Waals surface area contributed by atoms with Crippen molar-refractivity contribution >= 4 is 23.6 Å². The molecular formula is C20H25ClN4O3. The molecule has 1 atom stereocenters. The van der Waals surface area contributed by atoms with Crippen molar-refractivity contribution in [1.29, 1.82) is 0 Å². The number of nitrogens with zero attached hydrogens (tertiary/aromatic N) is 3. The van der Waals surface area contributed by atoms with Gasteiger partial charge in [-0.15, -0.1) is 0 Å². The lowest BCUT2D eigenvalue weighted by molar-refractivity contribution is -0.129. The molecule has 2 aromatic rings. The van der Waals surface area contributed by atoms with Crippen molar-refractivity contribution in [3.63, 3.8) is 0 Å². The average molecular weight is 405 g/mol. The van der Waals surface area contributed by atoms with E-state index in [9.17, 15) is 9.59 Å². The maximum absolute atomic E-state index is 13.0. The monoisotopic (exact) mass is 404 g/mol. The lowest BCUT2D eigenvalue weighted by Gasteiger charge is -2.42. The Morgan fingerprint density at radius 3 is 2.57 bits per heavy atom. The van der Waals surface area contributed by atoms with E-state index >= 15 is 0 Å². The van der Waals surface area contributed by atoms with Crippen LogP contribution in [0.25, 0.3) is 0 Å². The van der Waals surface area contributed by atoms with E-state index in [1.165, 1.54) is 6.20 Å². The van der Waals surface area contributed by atoms with Gasteiger partial charge in [-0.25, -0.2) is 9.78 Å². The zero-order valence-electron chi connectivity index (χ0n) is 17.0. The van der Waals surface area contributed by atoms with Crippen LogP contribution >= 0.6 is 11.6 Å². The molecule has 3 heterocycles. The van der Waals surface area contributed by atoms with E-state index in [1.54, 1.807) is 32.9 Å². The Balaban J connectivity index is 1.95. The highest BCUT2D eigenvalue weighted by molar-refractivity contribution is 6.29. The SMILES string of the molecule is CC(C)(C)OC(=O)n1ccc(CC2(C)C(=O)NC(C)(C)c3ccc(Cl)nc32)n1. The third kappa shape index (κ3) is 3.76. The minimum absolute atomic E-state index is 0.161. The van der Waals surface area contributed by atoms with Gasteiger partial charge < -0.3 is 10.1 Å². The van der Waals surface area contributed by atoms with Crippen LogP contribution < -0.4 is 5.32 Å². The van der Waals surface area contributed by atoms with E-state index in [4.69, 9.17) is 16.3 Å². The summed E-state index contributed by atoms with van der Waals surface area (Å²) >= 11 is 6.13. The highest BCUT2D eigenvalue weighted by Crippen LogP contribution is 2.39. The van der Waals surface area contributed by atoms with Crippen LogP contribution in [0.1, 0.15) is 58.5 Å². The summed E-state index contributed by atoms with van der Waals surface area (Å²) in [6.45, 7) is 11.0. The zero-order chi connectivity index (χ0) is 20.9. The molecule has 3 rings (SSSR count). The average Bonchev–Trinajstić information content (AvgIpc) is 2.99. The number of carbonyl (C=O) groups is 2. The zero-order valence-corrected chi connectivity index (χ0v) is 17.7. The molecule has 1 amide bonds. The quantitative estimate of drug-likeness (QED) is 0.773. The molecule has 0 bridgehead atoms. The topological polar surface area (TPSA) is 86.1 Å². The summed E-state index contributed by atoms with van der Waals surface area (Å²) in [6.07, 6.45) is 1.23. The van der Waals surface area contributed by atoms with Crippen LogP contribution in [-0.4, -0.2) is 32.4 Å². The first kappa shape index (κ1) is 20.3. The van der Waals surface area contributed by atoms with E-state index in [1.807, 2.05) is 26.8 Å². The number of fused-ring (bicyclic) bond motifs is 1. The van der Waals surface area contributed by atoms with Crippen molar-refractivity contribution in [3.05, 3.63) is 46.5 Å². The summed E-state index contributed by atoms with van der Waals surface area (Å²) in [5.41, 5.74) is -0.0339. The summed E-state index contributed by atoms with van der Waals surface area (Å²) < 4.78 is 6.46. The molecule has 0 fully saturated rings. The van der Waals surface area contributed by atoms with Crippen molar-refractivity contribution in [2.75, 3.05) is 0 Å². The van der Waals surface area contributed by atoms with Crippen molar-refractivity contribution < 1.29 is 14.3 Å². The van der Waals surface area contributed by atoms with Crippen LogP contribution in [0.3, 0.4) is 0 Å². The third-order valence-corrected chi connectivity index (χ3v) is 4.95. The minimum Gasteiger partial charge on any atom is -0.442 e. The van der Waals surface area contributed by atoms with E-state index in [0.29, 0.717) is 16.5 Å². The number of hydrogen-bond donors (Lipinski definition) is 1. The van der Waals surface area contributed by atoms with E-state index in [-0.39, 0.29) is 12.3 Å². The van der Waals surface area contributed by atoms with Crippen LogP contribution in [-0.2, 0) is 26.9 Å². The summed E-state index contributed by atoms with van der Waals surface area (Å²) in [5, 5.41) is 7.68. The fourth-order valence-corrected chi connectivity index (χ4v) is 3.50. The van der Waals surface area contributed by atoms with Gasteiger partial charge in [0.15, 0.2) is 0 Å². The number of hydrogen-bond acceptors (Lipinski definition) is 5. The van der Waals surface area contributed by atoms with Gasteiger partial charge in [0.05, 0.1) is 22.3 Å². The lowest BCUT2D eigenvalue weighted by atomic mass is 9.71. The molecule has 0 aliphatic carbocycles. The molecule has 0 radical (unpaired) electrons. The normalized spacial score (nSPS) is 21.0. The summed E-state index contributed by atoms with van der Waals surface area (Å²) in [7, 11) is 0. The Morgan fingerprint density at radius 2 is 1.93 bits per heavy atom. The number of aromatic nitrogens is 3.